The van der Waals surface area contributed by atoms with Crippen LogP contribution in [0.1, 0.15) is 0 Å². The van der Waals surface area contributed by atoms with Crippen LogP contribution in [0, 0.1) is 0 Å². The molecule has 0 heterocycles. The predicted octanol–water partition coefficient (Wildman–Crippen LogP) is -3.26. The average molecular weight is 193 g/mol. The fraction of sp³-hybridized carbons (Fsp3) is 0. The van der Waals surface area contributed by atoms with Gasteiger partial charge in [0.05, 0.1) is 0 Å². The van der Waals surface area contributed by atoms with Crippen molar-refractivity contribution in [3.63, 3.8) is 0 Å². The summed E-state index contributed by atoms with van der Waals surface area (Å²) in [6.45, 7) is 0. The fourth-order valence-corrected chi connectivity index (χ4v) is 0. The van der Waals surface area contributed by atoms with Crippen LogP contribution in [-0.2, 0) is 7.61 Å². The molecular weight excluding hydrogens is 191 g/mol. The molecule has 0 aliphatic carbocycles. The summed E-state index contributed by atoms with van der Waals surface area (Å²) in [5, 5.41) is 0. The topological polar surface area (TPSA) is 74.6 Å². The van der Waals surface area contributed by atoms with Crippen molar-refractivity contribution in [1.82, 2.24) is 0 Å². The molecule has 38 valence electrons. The molecule has 0 rings (SSSR count). The maximum atomic E-state index is 8.57. The van der Waals surface area contributed by atoms with Gasteiger partial charge in [-0.3, -0.25) is 0 Å². The third-order valence-electron chi connectivity index (χ3n) is 0. The molecule has 2 N–H and O–H groups in total. The monoisotopic (exact) mass is 192 g/mol. The van der Waals surface area contributed by atoms with E-state index in [0.717, 1.165) is 0 Å². The molecule has 0 unspecified atom stereocenters. The zero-order valence-corrected chi connectivity index (χ0v) is 11.5. The van der Waals surface area contributed by atoms with Gasteiger partial charge in [0, 0.05) is 0 Å². The van der Waals surface area contributed by atoms with Crippen LogP contribution in [0.5, 0.6) is 0 Å². The molecule has 0 saturated carbocycles. The second-order valence-corrected chi connectivity index (χ2v) is 0.632. The van der Waals surface area contributed by atoms with E-state index < -0.39 is 31.0 Å². The maximum Gasteiger partial charge on any atom is 2.00 e. The van der Waals surface area contributed by atoms with Gasteiger partial charge in [-0.25, -0.2) is 0 Å². The molecule has 0 aliphatic rings. The van der Waals surface area contributed by atoms with Crippen LogP contribution in [0.2, 0.25) is 0 Å². The Morgan fingerprint density at radius 3 is 0.778 bits per heavy atom. The van der Waals surface area contributed by atoms with E-state index in [-0.39, 0.29) is 69.2 Å². The van der Waals surface area contributed by atoms with Crippen LogP contribution in [0.25, 0.3) is 0 Å². The van der Waals surface area contributed by atoms with Gasteiger partial charge >= 0.3 is 69.2 Å². The van der Waals surface area contributed by atoms with Crippen molar-refractivity contribution in [3.05, 3.63) is 0 Å². The van der Waals surface area contributed by atoms with Gasteiger partial charge in [-0.05, 0) is 0 Å². The normalized spacial score (nSPS) is 2.67. The van der Waals surface area contributed by atoms with Crippen molar-refractivity contribution in [2.75, 3.05) is 0 Å². The molecule has 0 saturated heterocycles. The average Bonchev–Trinajstić information content (AvgIpc) is 1.39. The second-order valence-electron chi connectivity index (χ2n) is 0.211. The van der Waals surface area contributed by atoms with Crippen molar-refractivity contribution in [1.29, 1.82) is 0 Å². The van der Waals surface area contributed by atoms with E-state index in [1.165, 1.54) is 0 Å². The van der Waals surface area contributed by atoms with Gasteiger partial charge in [0.2, 0.25) is 0 Å². The first-order valence-electron chi connectivity index (χ1n) is 0.988. The zero-order chi connectivity index (χ0) is 5.41. The summed E-state index contributed by atoms with van der Waals surface area (Å²) in [6, 6.07) is 0. The first-order valence-corrected chi connectivity index (χ1v) is 2.96. The molecule has 0 bridgehead atoms. The summed E-state index contributed by atoms with van der Waals surface area (Å²) in [7, 11) is 0. The Bertz CT molecular complexity index is 34.8. The molecule has 0 spiro atoms. The summed E-state index contributed by atoms with van der Waals surface area (Å²) in [6.07, 6.45) is 0. The molecule has 0 aromatic rings. The molecule has 0 amide bonds. The Hall–Kier alpha value is 2.56. The molecule has 0 aromatic heterocycles. The van der Waals surface area contributed by atoms with Crippen molar-refractivity contribution in [3.8, 4) is 0 Å². The van der Waals surface area contributed by atoms with Gasteiger partial charge in [0.25, 0.3) is 0 Å². The Labute approximate surface area is 114 Å². The Balaban J connectivity index is -0.00000000889. The van der Waals surface area contributed by atoms with Gasteiger partial charge in [-0.15, -0.1) is 0 Å². The molecule has 0 radical (unpaired) electrons. The van der Waals surface area contributed by atoms with Crippen molar-refractivity contribution in [2.45, 2.75) is 0 Å². The summed E-state index contributed by atoms with van der Waals surface area (Å²) in [5.41, 5.74) is 0. The van der Waals surface area contributed by atoms with Gasteiger partial charge < -0.3 is 46.9 Å². The summed E-state index contributed by atoms with van der Waals surface area (Å²) < 4.78 is 31.3. The molecule has 0 fully saturated rings. The standard InChI is InChI=1S/2Al.3Mg.2H2O.2O/h;;;;;2*1H2;;/q2*-2;3*+2;;;;/p-2. The third kappa shape index (κ3) is 118. The second kappa shape index (κ2) is 46.4. The van der Waals surface area contributed by atoms with Crippen LogP contribution in [-0.4, -0.2) is 108 Å². The van der Waals surface area contributed by atoms with E-state index in [4.69, 9.17) is 15.9 Å². The largest absolute Gasteiger partial charge is 2.00 e. The minimum absolute atomic E-state index is 0. The maximum absolute atomic E-state index is 8.57. The van der Waals surface area contributed by atoms with Gasteiger partial charge in [-0.2, -0.15) is 0 Å². The van der Waals surface area contributed by atoms with Crippen LogP contribution < -0.4 is 0 Å². The molecule has 9 heavy (non-hydrogen) atoms. The third-order valence-corrected chi connectivity index (χ3v) is 0. The van der Waals surface area contributed by atoms with Crippen molar-refractivity contribution in [2.24, 2.45) is 0 Å². The SMILES string of the molecule is [Mg+2].[Mg+2].[Mg+2].[O]=[Al-3][OH].[O]=[Al-3][OH]. The van der Waals surface area contributed by atoms with Gasteiger partial charge in [0.15, 0.2) is 0 Å². The molecule has 0 aliphatic heterocycles. The Morgan fingerprint density at radius 2 is 0.778 bits per heavy atom. The van der Waals surface area contributed by atoms with Gasteiger partial charge in [0.1, 0.15) is 0 Å². The first kappa shape index (κ1) is 30.0. The van der Waals surface area contributed by atoms with Gasteiger partial charge in [-0.1, -0.05) is 0 Å². The molecule has 0 atom stereocenters. The van der Waals surface area contributed by atoms with E-state index in [1.54, 1.807) is 0 Å². The summed E-state index contributed by atoms with van der Waals surface area (Å²) in [4.78, 5) is 0. The fourth-order valence-electron chi connectivity index (χ4n) is 0. The van der Waals surface area contributed by atoms with Crippen LogP contribution in [0.15, 0.2) is 0 Å². The van der Waals surface area contributed by atoms with Crippen LogP contribution >= 0.6 is 0 Å². The number of hydrogen-bond donors (Lipinski definition) is 2. The smallest absolute Gasteiger partial charge is 1.09 e. The van der Waals surface area contributed by atoms with E-state index in [0.29, 0.717) is 0 Å². The Kier molecular flexibility index (Phi) is 154. The molecule has 4 nitrogen and oxygen atoms in total. The molecule has 9 heteroatoms. The molecule has 0 aromatic carbocycles. The van der Waals surface area contributed by atoms with Crippen molar-refractivity contribution >= 4 is 100 Å². The number of hydrogen-bond acceptors (Lipinski definition) is 2. The predicted molar refractivity (Wildman–Crippen MR) is 34.6 cm³/mol. The minimum atomic E-state index is -1.50. The summed E-state index contributed by atoms with van der Waals surface area (Å²) in [5.74, 6) is 0. The van der Waals surface area contributed by atoms with Crippen LogP contribution in [0.3, 0.4) is 0 Å². The number of rotatable bonds is 0. The summed E-state index contributed by atoms with van der Waals surface area (Å²) >= 11 is -3.00. The quantitative estimate of drug-likeness (QED) is 0.396. The van der Waals surface area contributed by atoms with E-state index in [2.05, 4.69) is 0 Å². The minimum Gasteiger partial charge on any atom is -1.09 e. The van der Waals surface area contributed by atoms with Crippen LogP contribution in [0.4, 0.5) is 0 Å². The van der Waals surface area contributed by atoms with E-state index in [9.17, 15) is 0 Å². The first-order chi connectivity index (χ1) is 2.83. The molecular formula is H2Al2Mg3O4. The van der Waals surface area contributed by atoms with E-state index in [1.807, 2.05) is 0 Å². The van der Waals surface area contributed by atoms with E-state index >= 15 is 0 Å². The Morgan fingerprint density at radius 1 is 0.778 bits per heavy atom. The van der Waals surface area contributed by atoms with Crippen molar-refractivity contribution < 1.29 is 15.9 Å². The zero-order valence-electron chi connectivity index (χ0n) is 4.99.